The molecule has 0 bridgehead atoms. The lowest BCUT2D eigenvalue weighted by Crippen LogP contribution is -2.57. The number of rotatable bonds is 17. The van der Waals surface area contributed by atoms with Crippen LogP contribution < -0.4 is 33.2 Å². The fourth-order valence-corrected chi connectivity index (χ4v) is 2.97. The van der Waals surface area contributed by atoms with Crippen molar-refractivity contribution in [1.29, 1.82) is 0 Å². The van der Waals surface area contributed by atoms with E-state index in [2.05, 4.69) is 15.6 Å². The van der Waals surface area contributed by atoms with Crippen LogP contribution in [-0.2, 0) is 28.8 Å². The molecule has 4 atom stereocenters. The van der Waals surface area contributed by atoms with Gasteiger partial charge in [0.25, 0.3) is 0 Å². The summed E-state index contributed by atoms with van der Waals surface area (Å²) in [6, 6.07) is -5.84. The van der Waals surface area contributed by atoms with Gasteiger partial charge < -0.3 is 48.5 Å². The molecule has 0 aliphatic rings. The molecule has 0 rings (SSSR count). The minimum atomic E-state index is -1.80. The zero-order valence-corrected chi connectivity index (χ0v) is 20.1. The molecule has 0 spiro atoms. The number of carboxylic acid groups (broad SMARTS) is 3. The summed E-state index contributed by atoms with van der Waals surface area (Å²) in [4.78, 5) is 75.1. The zero-order valence-electron chi connectivity index (χ0n) is 20.1. The average Bonchev–Trinajstić information content (AvgIpc) is 2.73. The Kier molecular flexibility index (Phi) is 14.1. The highest BCUT2D eigenvalue weighted by Crippen LogP contribution is 2.06. The van der Waals surface area contributed by atoms with Gasteiger partial charge in [0.1, 0.15) is 18.1 Å². The van der Waals surface area contributed by atoms with Crippen LogP contribution >= 0.6 is 0 Å². The fraction of sp³-hybridized carbons (Fsp3) is 0.650. The van der Waals surface area contributed by atoms with E-state index in [1.807, 2.05) is 19.2 Å². The van der Waals surface area contributed by atoms with Gasteiger partial charge >= 0.3 is 17.9 Å². The van der Waals surface area contributed by atoms with Gasteiger partial charge in [-0.2, -0.15) is 0 Å². The first-order valence-electron chi connectivity index (χ1n) is 11.0. The predicted molar refractivity (Wildman–Crippen MR) is 125 cm³/mol. The van der Waals surface area contributed by atoms with Crippen LogP contribution in [0.3, 0.4) is 0 Å². The van der Waals surface area contributed by atoms with Crippen molar-refractivity contribution in [1.82, 2.24) is 16.0 Å². The maximum absolute atomic E-state index is 12.8. The highest BCUT2D eigenvalue weighted by atomic mass is 16.4. The van der Waals surface area contributed by atoms with Crippen molar-refractivity contribution in [3.63, 3.8) is 0 Å². The number of nitrogens with one attached hydrogen (secondary N) is 3. The molecule has 204 valence electrons. The van der Waals surface area contributed by atoms with Crippen molar-refractivity contribution >= 4 is 41.6 Å². The van der Waals surface area contributed by atoms with E-state index < -0.39 is 72.6 Å². The zero-order chi connectivity index (χ0) is 28.0. The Morgan fingerprint density at radius 1 is 0.778 bits per heavy atom. The number of aliphatic carboxylic acids is 3. The van der Waals surface area contributed by atoms with Gasteiger partial charge in [0.2, 0.25) is 17.7 Å². The van der Waals surface area contributed by atoms with Gasteiger partial charge in [-0.05, 0) is 25.2 Å². The van der Waals surface area contributed by atoms with E-state index in [0.29, 0.717) is 0 Å². The average molecular weight is 518 g/mol. The molecule has 16 heteroatoms. The summed E-state index contributed by atoms with van der Waals surface area (Å²) in [5.74, 6) is -7.57. The highest BCUT2D eigenvalue weighted by molar-refractivity contribution is 5.96. The number of amides is 3. The van der Waals surface area contributed by atoms with E-state index in [9.17, 15) is 33.9 Å². The Morgan fingerprint density at radius 2 is 1.25 bits per heavy atom. The first kappa shape index (κ1) is 32.0. The van der Waals surface area contributed by atoms with Crippen molar-refractivity contribution in [3.05, 3.63) is 0 Å². The topological polar surface area (TPSA) is 290 Å². The molecule has 0 aromatic carbocycles. The van der Waals surface area contributed by atoms with Gasteiger partial charge in [0.15, 0.2) is 5.96 Å². The summed E-state index contributed by atoms with van der Waals surface area (Å²) in [6.07, 6.45) is -1.49. The summed E-state index contributed by atoms with van der Waals surface area (Å²) < 4.78 is 0. The van der Waals surface area contributed by atoms with Crippen LogP contribution in [0.5, 0.6) is 0 Å². The van der Waals surface area contributed by atoms with Crippen molar-refractivity contribution in [2.45, 2.75) is 70.1 Å². The number of carbonyl (C=O) groups is 6. The number of nitrogens with two attached hydrogens (primary N) is 3. The predicted octanol–water partition coefficient (Wildman–Crippen LogP) is -3.10. The standard InChI is InChI=1S/C20H35N7O9/c1-9(2)6-10(21)16(32)26-12(7-14(28)29)18(34)25-11(4-3-5-24-20(22)23)17(33)27-13(19(35)36)8-15(30)31/h9-13H,3-8,21H2,1-2H3,(H,25,34)(H,26,32)(H,27,33)(H,28,29)(H,30,31)(H,35,36)(H4,22,23,24). The molecule has 0 radical (unpaired) electrons. The van der Waals surface area contributed by atoms with E-state index in [0.717, 1.165) is 0 Å². The summed E-state index contributed by atoms with van der Waals surface area (Å²) >= 11 is 0. The molecule has 36 heavy (non-hydrogen) atoms. The van der Waals surface area contributed by atoms with Crippen molar-refractivity contribution in [3.8, 4) is 0 Å². The first-order valence-corrected chi connectivity index (χ1v) is 11.0. The largest absolute Gasteiger partial charge is 0.481 e. The maximum atomic E-state index is 12.8. The summed E-state index contributed by atoms with van der Waals surface area (Å²) in [6.45, 7) is 3.67. The van der Waals surface area contributed by atoms with Crippen LogP contribution in [0.4, 0.5) is 0 Å². The number of hydrogen-bond acceptors (Lipinski definition) is 8. The monoisotopic (exact) mass is 517 g/mol. The molecule has 12 N–H and O–H groups in total. The molecular formula is C20H35N7O9. The molecule has 0 heterocycles. The molecule has 0 aromatic rings. The van der Waals surface area contributed by atoms with Crippen molar-refractivity contribution in [2.75, 3.05) is 6.54 Å². The molecule has 0 aromatic heterocycles. The number of aliphatic imine (C=N–C) groups is 1. The number of carbonyl (C=O) groups excluding carboxylic acids is 3. The molecule has 0 fully saturated rings. The second-order valence-electron chi connectivity index (χ2n) is 8.40. The Balaban J connectivity index is 5.67. The van der Waals surface area contributed by atoms with E-state index in [1.165, 1.54) is 0 Å². The van der Waals surface area contributed by atoms with Gasteiger partial charge in [-0.1, -0.05) is 13.8 Å². The van der Waals surface area contributed by atoms with Gasteiger partial charge in [-0.25, -0.2) is 4.79 Å². The van der Waals surface area contributed by atoms with Gasteiger partial charge in [-0.15, -0.1) is 0 Å². The van der Waals surface area contributed by atoms with Crippen LogP contribution in [0.15, 0.2) is 4.99 Å². The maximum Gasteiger partial charge on any atom is 0.326 e. The SMILES string of the molecule is CC(C)CC(N)C(=O)NC(CC(=O)O)C(=O)NC(CCCN=C(N)N)C(=O)NC(CC(=O)O)C(=O)O. The highest BCUT2D eigenvalue weighted by Gasteiger charge is 2.32. The van der Waals surface area contributed by atoms with Crippen LogP contribution in [0.1, 0.15) is 46.0 Å². The number of hydrogen-bond donors (Lipinski definition) is 9. The summed E-state index contributed by atoms with van der Waals surface area (Å²) in [5.41, 5.74) is 16.3. The second-order valence-corrected chi connectivity index (χ2v) is 8.40. The first-order chi connectivity index (χ1) is 16.6. The minimum Gasteiger partial charge on any atom is -0.481 e. The lowest BCUT2D eigenvalue weighted by molar-refractivity contribution is -0.147. The number of guanidine groups is 1. The Hall–Kier alpha value is -3.95. The van der Waals surface area contributed by atoms with E-state index in [4.69, 9.17) is 27.4 Å². The Bertz CT molecular complexity index is 843. The third kappa shape index (κ3) is 13.7. The molecule has 3 amide bonds. The van der Waals surface area contributed by atoms with Crippen LogP contribution in [0, 0.1) is 5.92 Å². The Morgan fingerprint density at radius 3 is 1.72 bits per heavy atom. The summed E-state index contributed by atoms with van der Waals surface area (Å²) in [5, 5.41) is 33.7. The van der Waals surface area contributed by atoms with E-state index in [-0.39, 0.29) is 37.7 Å². The van der Waals surface area contributed by atoms with Crippen LogP contribution in [0.25, 0.3) is 0 Å². The van der Waals surface area contributed by atoms with Gasteiger partial charge in [0.05, 0.1) is 18.9 Å². The Labute approximate surface area is 207 Å². The third-order valence-corrected chi connectivity index (χ3v) is 4.65. The molecule has 0 aliphatic carbocycles. The van der Waals surface area contributed by atoms with E-state index >= 15 is 0 Å². The lowest BCUT2D eigenvalue weighted by atomic mass is 10.0. The van der Waals surface area contributed by atoms with Crippen LogP contribution in [0.2, 0.25) is 0 Å². The molecule has 16 nitrogen and oxygen atoms in total. The molecule has 0 saturated carbocycles. The normalized spacial score (nSPS) is 14.0. The molecule has 0 aliphatic heterocycles. The fourth-order valence-electron chi connectivity index (χ4n) is 2.97. The van der Waals surface area contributed by atoms with Gasteiger partial charge in [0, 0.05) is 6.54 Å². The number of nitrogens with zero attached hydrogens (tertiary/aromatic N) is 1. The smallest absolute Gasteiger partial charge is 0.326 e. The van der Waals surface area contributed by atoms with Crippen molar-refractivity contribution in [2.24, 2.45) is 28.1 Å². The minimum absolute atomic E-state index is 0.0405. The van der Waals surface area contributed by atoms with Crippen molar-refractivity contribution < 1.29 is 44.1 Å². The molecule has 0 saturated heterocycles. The number of carboxylic acids is 3. The molecule has 4 unspecified atom stereocenters. The lowest BCUT2D eigenvalue weighted by Gasteiger charge is -2.24. The van der Waals surface area contributed by atoms with E-state index in [1.54, 1.807) is 0 Å². The van der Waals surface area contributed by atoms with Gasteiger partial charge in [-0.3, -0.25) is 29.0 Å². The van der Waals surface area contributed by atoms with Crippen LogP contribution in [-0.4, -0.2) is 87.6 Å². The second kappa shape index (κ2) is 15.9. The third-order valence-electron chi connectivity index (χ3n) is 4.65. The quantitative estimate of drug-likeness (QED) is 0.0526. The summed E-state index contributed by atoms with van der Waals surface area (Å²) in [7, 11) is 0. The molecular weight excluding hydrogens is 482 g/mol.